The van der Waals surface area contributed by atoms with E-state index in [0.29, 0.717) is 36.1 Å². The van der Waals surface area contributed by atoms with Crippen LogP contribution in [0.3, 0.4) is 0 Å². The van der Waals surface area contributed by atoms with E-state index in [1.165, 1.54) is 10.8 Å². The molecular weight excluding hydrogens is 577 g/mol. The Labute approximate surface area is 228 Å². The molecule has 0 aliphatic heterocycles. The van der Waals surface area contributed by atoms with Gasteiger partial charge in [0.1, 0.15) is 24.3 Å². The van der Waals surface area contributed by atoms with Gasteiger partial charge in [0.05, 0.1) is 33.9 Å². The molecular formula is C30H24IN3O3. The number of aromatic nitrogens is 2. The molecule has 0 bridgehead atoms. The van der Waals surface area contributed by atoms with E-state index in [1.807, 2.05) is 49.4 Å². The molecule has 0 unspecified atom stereocenters. The first-order chi connectivity index (χ1) is 18.1. The molecule has 0 saturated heterocycles. The van der Waals surface area contributed by atoms with Gasteiger partial charge in [0.25, 0.3) is 0 Å². The van der Waals surface area contributed by atoms with Crippen molar-refractivity contribution in [2.24, 2.45) is 0 Å². The number of hydrogen-bond donors (Lipinski definition) is 1. The molecule has 1 heterocycles. The van der Waals surface area contributed by atoms with Crippen molar-refractivity contribution in [2.45, 2.75) is 13.5 Å². The maximum atomic E-state index is 9.89. The van der Waals surface area contributed by atoms with Crippen LogP contribution in [0.25, 0.3) is 33.5 Å². The van der Waals surface area contributed by atoms with Crippen molar-refractivity contribution in [3.05, 3.63) is 93.3 Å². The minimum absolute atomic E-state index is 0.415. The number of aromatic amines is 1. The van der Waals surface area contributed by atoms with Gasteiger partial charge in [-0.05, 0) is 87.8 Å². The summed E-state index contributed by atoms with van der Waals surface area (Å²) >= 11 is 2.25. The third-order valence-electron chi connectivity index (χ3n) is 5.90. The Morgan fingerprint density at radius 2 is 1.86 bits per heavy atom. The molecule has 1 aromatic heterocycles. The third-order valence-corrected chi connectivity index (χ3v) is 6.71. The van der Waals surface area contributed by atoms with E-state index in [0.717, 1.165) is 31.5 Å². The molecule has 0 spiro atoms. The van der Waals surface area contributed by atoms with Gasteiger partial charge in [-0.25, -0.2) is 4.98 Å². The topological polar surface area (TPSA) is 80.2 Å². The standard InChI is InChI=1S/C30H24IN3O3/c1-3-36-28-15-20(13-23(17-32)30-33-26-11-10-24(35-2)16-27(26)34-30)14-25(31)29(28)37-18-19-8-9-21-6-4-5-7-22(21)12-19/h4-16H,3,18H2,1-2H3,(H,33,34)/b23-13-. The van der Waals surface area contributed by atoms with Crippen LogP contribution in [-0.2, 0) is 6.61 Å². The van der Waals surface area contributed by atoms with Crippen LogP contribution in [0.15, 0.2) is 72.8 Å². The van der Waals surface area contributed by atoms with Gasteiger partial charge in [-0.3, -0.25) is 0 Å². The molecule has 0 saturated carbocycles. The summed E-state index contributed by atoms with van der Waals surface area (Å²) in [5.74, 6) is 2.53. The van der Waals surface area contributed by atoms with Crippen LogP contribution in [0.4, 0.5) is 0 Å². The highest BCUT2D eigenvalue weighted by molar-refractivity contribution is 14.1. The molecule has 0 fully saturated rings. The monoisotopic (exact) mass is 601 g/mol. The molecule has 184 valence electrons. The lowest BCUT2D eigenvalue weighted by molar-refractivity contribution is 0.267. The normalized spacial score (nSPS) is 11.5. The van der Waals surface area contributed by atoms with E-state index in [9.17, 15) is 5.26 Å². The molecule has 37 heavy (non-hydrogen) atoms. The highest BCUT2D eigenvalue weighted by Crippen LogP contribution is 2.36. The van der Waals surface area contributed by atoms with Gasteiger partial charge in [0.2, 0.25) is 0 Å². The lowest BCUT2D eigenvalue weighted by atomic mass is 10.1. The molecule has 0 radical (unpaired) electrons. The van der Waals surface area contributed by atoms with Gasteiger partial charge < -0.3 is 19.2 Å². The number of nitrogens with zero attached hydrogens (tertiary/aromatic N) is 2. The van der Waals surface area contributed by atoms with Crippen molar-refractivity contribution in [3.63, 3.8) is 0 Å². The number of halogens is 1. The van der Waals surface area contributed by atoms with Crippen molar-refractivity contribution >= 4 is 56.0 Å². The first kappa shape index (κ1) is 24.7. The summed E-state index contributed by atoms with van der Waals surface area (Å²) in [5, 5.41) is 12.3. The average molecular weight is 601 g/mol. The molecule has 5 aromatic rings. The molecule has 0 aliphatic rings. The fourth-order valence-electron chi connectivity index (χ4n) is 4.12. The second kappa shape index (κ2) is 10.9. The first-order valence-corrected chi connectivity index (χ1v) is 12.9. The van der Waals surface area contributed by atoms with Gasteiger partial charge in [-0.15, -0.1) is 0 Å². The largest absolute Gasteiger partial charge is 0.497 e. The summed E-state index contributed by atoms with van der Waals surface area (Å²) in [7, 11) is 1.62. The minimum Gasteiger partial charge on any atom is -0.497 e. The van der Waals surface area contributed by atoms with Crippen molar-refractivity contribution in [1.82, 2.24) is 9.97 Å². The number of fused-ring (bicyclic) bond motifs is 2. The summed E-state index contributed by atoms with van der Waals surface area (Å²) in [6.07, 6.45) is 1.80. The minimum atomic E-state index is 0.415. The number of nitrogens with one attached hydrogen (secondary N) is 1. The predicted octanol–water partition coefficient (Wildman–Crippen LogP) is 7.37. The van der Waals surface area contributed by atoms with Crippen LogP contribution < -0.4 is 14.2 Å². The van der Waals surface area contributed by atoms with Crippen molar-refractivity contribution in [2.75, 3.05) is 13.7 Å². The Morgan fingerprint density at radius 3 is 2.65 bits per heavy atom. The van der Waals surface area contributed by atoms with E-state index >= 15 is 0 Å². The number of nitriles is 1. The van der Waals surface area contributed by atoms with E-state index in [2.05, 4.69) is 69.0 Å². The SMILES string of the molecule is CCOc1cc(/C=C(/C#N)c2nc3ccc(OC)cc3[nH]2)cc(I)c1OCc1ccc2ccccc2c1. The zero-order valence-corrected chi connectivity index (χ0v) is 22.6. The lowest BCUT2D eigenvalue weighted by Crippen LogP contribution is -2.02. The summed E-state index contributed by atoms with van der Waals surface area (Å²) in [6, 6.07) is 26.3. The van der Waals surface area contributed by atoms with E-state index in [1.54, 1.807) is 13.2 Å². The maximum Gasteiger partial charge on any atom is 0.175 e. The van der Waals surface area contributed by atoms with Crippen LogP contribution >= 0.6 is 22.6 Å². The summed E-state index contributed by atoms with van der Waals surface area (Å²) in [4.78, 5) is 7.80. The van der Waals surface area contributed by atoms with Crippen LogP contribution in [-0.4, -0.2) is 23.7 Å². The Bertz CT molecular complexity index is 1670. The number of H-pyrrole nitrogens is 1. The Hall–Kier alpha value is -4.03. The number of methoxy groups -OCH3 is 1. The van der Waals surface area contributed by atoms with Gasteiger partial charge in [0.15, 0.2) is 11.5 Å². The summed E-state index contributed by atoms with van der Waals surface area (Å²) < 4.78 is 18.4. The molecule has 5 rings (SSSR count). The smallest absolute Gasteiger partial charge is 0.175 e. The van der Waals surface area contributed by atoms with Crippen LogP contribution in [0, 0.1) is 14.9 Å². The molecule has 0 amide bonds. The second-order valence-corrected chi connectivity index (χ2v) is 9.53. The first-order valence-electron chi connectivity index (χ1n) is 11.8. The zero-order valence-electron chi connectivity index (χ0n) is 20.4. The molecule has 0 aliphatic carbocycles. The van der Waals surface area contributed by atoms with Gasteiger partial charge in [0, 0.05) is 6.07 Å². The van der Waals surface area contributed by atoms with E-state index in [-0.39, 0.29) is 0 Å². The second-order valence-electron chi connectivity index (χ2n) is 8.37. The fraction of sp³-hybridized carbons (Fsp3) is 0.133. The van der Waals surface area contributed by atoms with Crippen molar-refractivity contribution in [1.29, 1.82) is 5.26 Å². The van der Waals surface area contributed by atoms with Gasteiger partial charge in [-0.2, -0.15) is 5.26 Å². The highest BCUT2D eigenvalue weighted by atomic mass is 127. The van der Waals surface area contributed by atoms with Crippen LogP contribution in [0.1, 0.15) is 23.9 Å². The molecule has 1 N–H and O–H groups in total. The summed E-state index contributed by atoms with van der Waals surface area (Å²) in [5.41, 5.74) is 3.88. The van der Waals surface area contributed by atoms with E-state index in [4.69, 9.17) is 14.2 Å². The number of allylic oxidation sites excluding steroid dienone is 1. The predicted molar refractivity (Wildman–Crippen MR) is 155 cm³/mol. The Balaban J connectivity index is 1.44. The Kier molecular flexibility index (Phi) is 7.28. The Morgan fingerprint density at radius 1 is 1.03 bits per heavy atom. The average Bonchev–Trinajstić information content (AvgIpc) is 3.34. The fourth-order valence-corrected chi connectivity index (χ4v) is 4.90. The van der Waals surface area contributed by atoms with Gasteiger partial charge >= 0.3 is 0 Å². The number of benzene rings is 4. The number of imidazole rings is 1. The maximum absolute atomic E-state index is 9.89. The zero-order chi connectivity index (χ0) is 25.8. The van der Waals surface area contributed by atoms with Crippen LogP contribution in [0.2, 0.25) is 0 Å². The number of hydrogen-bond acceptors (Lipinski definition) is 5. The lowest BCUT2D eigenvalue weighted by Gasteiger charge is -2.15. The van der Waals surface area contributed by atoms with E-state index < -0.39 is 0 Å². The van der Waals surface area contributed by atoms with Crippen LogP contribution in [0.5, 0.6) is 17.2 Å². The molecule has 4 aromatic carbocycles. The number of ether oxygens (including phenoxy) is 3. The molecule has 7 heteroatoms. The molecule has 6 nitrogen and oxygen atoms in total. The quantitative estimate of drug-likeness (QED) is 0.148. The highest BCUT2D eigenvalue weighted by Gasteiger charge is 2.14. The summed E-state index contributed by atoms with van der Waals surface area (Å²) in [6.45, 7) is 2.85. The number of rotatable bonds is 8. The van der Waals surface area contributed by atoms with Crippen molar-refractivity contribution < 1.29 is 14.2 Å². The van der Waals surface area contributed by atoms with Crippen molar-refractivity contribution in [3.8, 4) is 23.3 Å². The molecule has 0 atom stereocenters. The van der Waals surface area contributed by atoms with Gasteiger partial charge in [-0.1, -0.05) is 36.4 Å². The third kappa shape index (κ3) is 5.39.